The zero-order valence-corrected chi connectivity index (χ0v) is 41.8. The fourth-order valence-electron chi connectivity index (χ4n) is 6.98. The number of rotatable bonds is 32. The Morgan fingerprint density at radius 1 is 0.539 bits per heavy atom. The first-order chi connectivity index (χ1) is 35.8. The van der Waals surface area contributed by atoms with E-state index in [2.05, 4.69) is 67.5 Å². The second-order valence-electron chi connectivity index (χ2n) is 16.7. The molecule has 76 heavy (non-hydrogen) atoms. The third kappa shape index (κ3) is 20.5. The molecule has 3 aromatic rings. The lowest BCUT2D eigenvalue weighted by Crippen LogP contribution is -2.61. The third-order valence-corrected chi connectivity index (χ3v) is 11.6. The molecule has 0 saturated heterocycles. The van der Waals surface area contributed by atoms with E-state index < -0.39 is 176 Å². The van der Waals surface area contributed by atoms with Crippen molar-refractivity contribution in [1.82, 2.24) is 47.5 Å². The molecule has 31 heteroatoms. The Balaban J connectivity index is 1.84. The minimum atomic E-state index is -1.99. The van der Waals surface area contributed by atoms with Crippen molar-refractivity contribution in [1.29, 1.82) is 0 Å². The minimum Gasteiger partial charge on any atom is -0.508 e. The summed E-state index contributed by atoms with van der Waals surface area (Å²) >= 11 is 8.15. The second kappa shape index (κ2) is 30.0. The van der Waals surface area contributed by atoms with Gasteiger partial charge in [-0.25, -0.2) is 4.79 Å². The number of primary amides is 1. The first-order valence-corrected chi connectivity index (χ1v) is 23.9. The van der Waals surface area contributed by atoms with E-state index in [1.54, 1.807) is 24.3 Å². The molecule has 3 rings (SSSR count). The number of aliphatic carboxylic acids is 4. The highest BCUT2D eigenvalue weighted by Gasteiger charge is 2.35. The minimum absolute atomic E-state index is 0.0621. The number of para-hydroxylation sites is 1. The number of benzene rings is 2. The maximum absolute atomic E-state index is 14.2. The van der Waals surface area contributed by atoms with Crippen molar-refractivity contribution in [3.8, 4) is 5.75 Å². The highest BCUT2D eigenvalue weighted by molar-refractivity contribution is 7.80. The number of aromatic nitrogens is 1. The summed E-state index contributed by atoms with van der Waals surface area (Å²) in [5.41, 5.74) is 12.5. The summed E-state index contributed by atoms with van der Waals surface area (Å²) < 4.78 is 0. The highest BCUT2D eigenvalue weighted by atomic mass is 32.1. The van der Waals surface area contributed by atoms with Crippen LogP contribution in [0.1, 0.15) is 43.2 Å². The van der Waals surface area contributed by atoms with E-state index >= 15 is 0 Å². The number of phenolic OH excluding ortho intramolecular Hbond substituents is 1. The van der Waals surface area contributed by atoms with Gasteiger partial charge in [0.15, 0.2) is 0 Å². The molecule has 0 radical (unpaired) electrons. The van der Waals surface area contributed by atoms with Gasteiger partial charge in [0.25, 0.3) is 0 Å². The van der Waals surface area contributed by atoms with Crippen LogP contribution in [0.3, 0.4) is 0 Å². The number of carboxylic acid groups (broad SMARTS) is 4. The van der Waals surface area contributed by atoms with Crippen molar-refractivity contribution in [2.75, 3.05) is 18.1 Å². The number of phenols is 1. The van der Waals surface area contributed by atoms with Gasteiger partial charge in [0.1, 0.15) is 48.0 Å². The van der Waals surface area contributed by atoms with E-state index in [4.69, 9.17) is 11.5 Å². The van der Waals surface area contributed by atoms with Crippen LogP contribution in [0.4, 0.5) is 0 Å². The number of amides is 9. The van der Waals surface area contributed by atoms with Crippen LogP contribution >= 0.6 is 25.3 Å². The molecule has 0 saturated carbocycles. The van der Waals surface area contributed by atoms with Crippen molar-refractivity contribution in [2.24, 2.45) is 11.5 Å². The summed E-state index contributed by atoms with van der Waals surface area (Å²) in [6, 6.07) is -1.40. The number of carbonyl (C=O) groups excluding carboxylic acids is 9. The van der Waals surface area contributed by atoms with E-state index in [-0.39, 0.29) is 18.6 Å². The van der Waals surface area contributed by atoms with Crippen molar-refractivity contribution in [3.63, 3.8) is 0 Å². The van der Waals surface area contributed by atoms with Crippen molar-refractivity contribution in [3.05, 3.63) is 65.9 Å². The SMILES string of the molecule is NC(=O)CC(NC(=O)CNC(=O)C(CS)NC(=O)C(CC(=O)O)NC(=O)C(Cc1c[nH]c2ccccc12)NC(=O)C(CS)NC(=O)C(CC(=O)O)NC(=O)C(CCC(=O)O)NC(=O)C(N)Cc1ccc(O)cc1)C(=O)O. The van der Waals surface area contributed by atoms with Gasteiger partial charge in [-0.3, -0.25) is 57.5 Å². The largest absolute Gasteiger partial charge is 0.508 e. The van der Waals surface area contributed by atoms with Crippen LogP contribution in [0.5, 0.6) is 5.75 Å². The molecule has 0 aliphatic rings. The van der Waals surface area contributed by atoms with Crippen LogP contribution in [-0.2, 0) is 75.2 Å². The zero-order valence-electron chi connectivity index (χ0n) is 40.0. The van der Waals surface area contributed by atoms with Crippen LogP contribution in [-0.4, -0.2) is 174 Å². The van der Waals surface area contributed by atoms with Gasteiger partial charge < -0.3 is 84.5 Å². The van der Waals surface area contributed by atoms with Gasteiger partial charge in [-0.05, 0) is 42.2 Å². The van der Waals surface area contributed by atoms with Gasteiger partial charge in [-0.1, -0.05) is 30.3 Å². The summed E-state index contributed by atoms with van der Waals surface area (Å²) in [5, 5.41) is 65.7. The zero-order chi connectivity index (χ0) is 56.8. The first kappa shape index (κ1) is 61.8. The molecule has 412 valence electrons. The molecule has 0 spiro atoms. The maximum atomic E-state index is 14.2. The number of hydrogen-bond acceptors (Lipinski definition) is 17. The molecule has 0 bridgehead atoms. The average Bonchev–Trinajstić information content (AvgIpc) is 3.76. The fraction of sp³-hybridized carbons (Fsp3) is 0.400. The summed E-state index contributed by atoms with van der Waals surface area (Å²) in [4.78, 5) is 168. The summed E-state index contributed by atoms with van der Waals surface area (Å²) in [6.45, 7) is -0.872. The normalized spacial score (nSPS) is 14.0. The standard InChI is InChI=1S/C45H57N11O18S2/c46-24(11-20-5-7-22(57)8-6-20)38(66)51-26(9-10-35(60)61)40(68)53-28(14-36(62)63)43(71)56-32(19-76)44(72)52-27(12-21-16-48-25-4-2-1-3-23(21)25)41(69)54-29(15-37(64)65)42(70)55-31(18-75)39(67)49-17-34(59)50-30(45(73)74)13-33(47)58/h1-8,16,24,26-32,48,57,75-76H,9-15,17-19,46H2,(H2,47,58)(H,49,67)(H,50,59)(H,51,66)(H,52,72)(H,53,68)(H,54,69)(H,55,70)(H,56,71)(H,60,61)(H,62,63)(H,64,65)(H,73,74). The van der Waals surface area contributed by atoms with E-state index in [0.29, 0.717) is 22.0 Å². The highest BCUT2D eigenvalue weighted by Crippen LogP contribution is 2.20. The Bertz CT molecular complexity index is 2650. The van der Waals surface area contributed by atoms with Gasteiger partial charge >= 0.3 is 23.9 Å². The topological polar surface area (TPSA) is 487 Å². The van der Waals surface area contributed by atoms with Crippen LogP contribution in [0.2, 0.25) is 0 Å². The Kier molecular flexibility index (Phi) is 24.5. The number of nitrogens with two attached hydrogens (primary N) is 2. The Labute approximate surface area is 441 Å². The lowest BCUT2D eigenvalue weighted by Gasteiger charge is -2.27. The van der Waals surface area contributed by atoms with Gasteiger partial charge in [-0.2, -0.15) is 25.3 Å². The lowest BCUT2D eigenvalue weighted by molar-refractivity contribution is -0.143. The molecule has 1 aromatic heterocycles. The molecule has 2 aromatic carbocycles. The molecular formula is C45H57N11O18S2. The monoisotopic (exact) mass is 1100 g/mol. The number of aromatic hydroxyl groups is 1. The number of nitrogens with one attached hydrogen (secondary N) is 9. The Morgan fingerprint density at radius 3 is 1.55 bits per heavy atom. The summed E-state index contributed by atoms with van der Waals surface area (Å²) in [7, 11) is 0. The summed E-state index contributed by atoms with van der Waals surface area (Å²) in [5.74, 6) is -17.6. The molecule has 1 heterocycles. The van der Waals surface area contributed by atoms with Gasteiger partial charge in [0.05, 0.1) is 31.8 Å². The first-order valence-electron chi connectivity index (χ1n) is 22.7. The Morgan fingerprint density at radius 2 is 1.03 bits per heavy atom. The summed E-state index contributed by atoms with van der Waals surface area (Å²) in [6.07, 6.45) is -3.22. The van der Waals surface area contributed by atoms with Gasteiger partial charge in [0.2, 0.25) is 53.2 Å². The van der Waals surface area contributed by atoms with Crippen LogP contribution in [0.25, 0.3) is 10.9 Å². The molecule has 9 amide bonds. The second-order valence-corrected chi connectivity index (χ2v) is 17.5. The molecule has 0 fully saturated rings. The van der Waals surface area contributed by atoms with Crippen LogP contribution < -0.4 is 54.0 Å². The lowest BCUT2D eigenvalue weighted by atomic mass is 10.0. The molecule has 18 N–H and O–H groups in total. The number of thiol groups is 2. The van der Waals surface area contributed by atoms with E-state index in [0.717, 1.165) is 0 Å². The molecule has 29 nitrogen and oxygen atoms in total. The molecule has 8 atom stereocenters. The van der Waals surface area contributed by atoms with Crippen molar-refractivity contribution >= 4 is 113 Å². The number of hydrogen-bond donors (Lipinski definition) is 18. The smallest absolute Gasteiger partial charge is 0.326 e. The van der Waals surface area contributed by atoms with Crippen molar-refractivity contribution in [2.45, 2.75) is 93.3 Å². The predicted molar refractivity (Wildman–Crippen MR) is 269 cm³/mol. The van der Waals surface area contributed by atoms with Crippen LogP contribution in [0.15, 0.2) is 54.7 Å². The van der Waals surface area contributed by atoms with Gasteiger partial charge in [-0.15, -0.1) is 0 Å². The average molecular weight is 1100 g/mol. The van der Waals surface area contributed by atoms with Crippen molar-refractivity contribution < 1.29 is 87.9 Å². The fourth-order valence-corrected chi connectivity index (χ4v) is 7.49. The quantitative estimate of drug-likeness (QED) is 0.0261. The third-order valence-electron chi connectivity index (χ3n) is 10.9. The van der Waals surface area contributed by atoms with Crippen LogP contribution in [0, 0.1) is 0 Å². The number of carbonyl (C=O) groups is 13. The molecule has 0 aliphatic carbocycles. The molecular weight excluding hydrogens is 1050 g/mol. The van der Waals surface area contributed by atoms with E-state index in [9.17, 15) is 87.9 Å². The number of fused-ring (bicyclic) bond motifs is 1. The maximum Gasteiger partial charge on any atom is 0.326 e. The Hall–Kier alpha value is -8.45. The molecule has 8 unspecified atom stereocenters. The number of H-pyrrole nitrogens is 1. The van der Waals surface area contributed by atoms with E-state index in [1.807, 2.05) is 5.32 Å². The molecule has 0 aliphatic heterocycles. The predicted octanol–water partition coefficient (Wildman–Crippen LogP) is -4.87. The van der Waals surface area contributed by atoms with E-state index in [1.165, 1.54) is 30.5 Å². The number of carboxylic acids is 4. The number of aromatic amines is 1. The van der Waals surface area contributed by atoms with Gasteiger partial charge in [0, 0.05) is 41.4 Å².